The van der Waals surface area contributed by atoms with E-state index < -0.39 is 0 Å². The standard InChI is InChI=1S/C13H13ClN2O/c1-8-11(6-7-12(15)13(8)14)9-2-4-10(16-17)5-3-9/h2-7,16-17H,15H2,1H3. The number of hydrogen-bond acceptors (Lipinski definition) is 3. The summed E-state index contributed by atoms with van der Waals surface area (Å²) >= 11 is 6.11. The molecule has 2 aromatic rings. The number of nitrogens with one attached hydrogen (secondary N) is 1. The first kappa shape index (κ1) is 11.8. The number of rotatable bonds is 2. The summed E-state index contributed by atoms with van der Waals surface area (Å²) in [6.45, 7) is 1.94. The molecule has 0 aliphatic rings. The Morgan fingerprint density at radius 2 is 1.76 bits per heavy atom. The van der Waals surface area contributed by atoms with E-state index in [0.29, 0.717) is 16.4 Å². The van der Waals surface area contributed by atoms with Crippen LogP contribution in [0.3, 0.4) is 0 Å². The number of nitrogen functional groups attached to an aromatic ring is 1. The lowest BCUT2D eigenvalue weighted by atomic mass is 10.00. The molecule has 0 radical (unpaired) electrons. The summed E-state index contributed by atoms with van der Waals surface area (Å²) in [4.78, 5) is 0. The molecule has 88 valence electrons. The van der Waals surface area contributed by atoms with E-state index in [1.165, 1.54) is 0 Å². The quantitative estimate of drug-likeness (QED) is 0.561. The second-order valence-corrected chi connectivity index (χ2v) is 4.21. The van der Waals surface area contributed by atoms with Crippen molar-refractivity contribution >= 4 is 23.0 Å². The minimum atomic E-state index is 0.585. The third-order valence-corrected chi connectivity index (χ3v) is 3.24. The van der Waals surface area contributed by atoms with Crippen LogP contribution in [0.4, 0.5) is 11.4 Å². The van der Waals surface area contributed by atoms with Crippen molar-refractivity contribution in [3.8, 4) is 11.1 Å². The average Bonchev–Trinajstić information content (AvgIpc) is 2.36. The predicted octanol–water partition coefficient (Wildman–Crippen LogP) is 3.70. The van der Waals surface area contributed by atoms with Crippen LogP contribution in [0, 0.1) is 6.92 Å². The largest absolute Gasteiger partial charge is 0.398 e. The van der Waals surface area contributed by atoms with Crippen molar-refractivity contribution in [2.45, 2.75) is 6.92 Å². The second-order valence-electron chi connectivity index (χ2n) is 3.83. The van der Waals surface area contributed by atoms with Crippen LogP contribution >= 0.6 is 11.6 Å². The molecule has 4 heteroatoms. The summed E-state index contributed by atoms with van der Waals surface area (Å²) in [5, 5.41) is 9.34. The summed E-state index contributed by atoms with van der Waals surface area (Å²) in [6.07, 6.45) is 0. The van der Waals surface area contributed by atoms with E-state index in [1.807, 2.05) is 25.1 Å². The Morgan fingerprint density at radius 1 is 1.12 bits per heavy atom. The van der Waals surface area contributed by atoms with Crippen LogP contribution in [-0.4, -0.2) is 5.21 Å². The third kappa shape index (κ3) is 2.20. The Hall–Kier alpha value is -1.71. The van der Waals surface area contributed by atoms with Gasteiger partial charge >= 0.3 is 0 Å². The zero-order chi connectivity index (χ0) is 12.4. The van der Waals surface area contributed by atoms with Gasteiger partial charge in [0, 0.05) is 0 Å². The highest BCUT2D eigenvalue weighted by molar-refractivity contribution is 6.34. The summed E-state index contributed by atoms with van der Waals surface area (Å²) < 4.78 is 0. The molecule has 0 heterocycles. The van der Waals surface area contributed by atoms with Crippen LogP contribution in [0.15, 0.2) is 36.4 Å². The Bertz CT molecular complexity index is 538. The molecule has 17 heavy (non-hydrogen) atoms. The molecule has 0 bridgehead atoms. The molecule has 0 amide bonds. The number of nitrogens with two attached hydrogens (primary N) is 1. The summed E-state index contributed by atoms with van der Waals surface area (Å²) in [5.74, 6) is 0. The molecule has 0 aliphatic carbocycles. The highest BCUT2D eigenvalue weighted by Gasteiger charge is 2.07. The molecule has 0 unspecified atom stereocenters. The molecule has 0 saturated heterocycles. The maximum Gasteiger partial charge on any atom is 0.0670 e. The van der Waals surface area contributed by atoms with Crippen molar-refractivity contribution in [1.82, 2.24) is 0 Å². The van der Waals surface area contributed by atoms with Crippen molar-refractivity contribution in [2.24, 2.45) is 0 Å². The van der Waals surface area contributed by atoms with Gasteiger partial charge in [-0.3, -0.25) is 10.7 Å². The molecule has 4 N–H and O–H groups in total. The molecule has 0 aromatic heterocycles. The van der Waals surface area contributed by atoms with Crippen LogP contribution in [0.2, 0.25) is 5.02 Å². The molecule has 0 aliphatic heterocycles. The molecule has 0 saturated carbocycles. The zero-order valence-electron chi connectivity index (χ0n) is 9.37. The topological polar surface area (TPSA) is 58.3 Å². The van der Waals surface area contributed by atoms with Gasteiger partial charge in [0.25, 0.3) is 0 Å². The lowest BCUT2D eigenvalue weighted by Gasteiger charge is -2.10. The van der Waals surface area contributed by atoms with Gasteiger partial charge in [-0.25, -0.2) is 0 Å². The summed E-state index contributed by atoms with van der Waals surface area (Å²) in [7, 11) is 0. The average molecular weight is 249 g/mol. The predicted molar refractivity (Wildman–Crippen MR) is 71.4 cm³/mol. The first-order valence-corrected chi connectivity index (χ1v) is 5.56. The smallest absolute Gasteiger partial charge is 0.0670 e. The molecule has 3 nitrogen and oxygen atoms in total. The van der Waals surface area contributed by atoms with Crippen molar-refractivity contribution in [3.05, 3.63) is 47.0 Å². The van der Waals surface area contributed by atoms with E-state index in [2.05, 4.69) is 5.48 Å². The lowest BCUT2D eigenvalue weighted by molar-refractivity contribution is 0.389. The minimum absolute atomic E-state index is 0.585. The van der Waals surface area contributed by atoms with Gasteiger partial charge in [-0.05, 0) is 41.8 Å². The van der Waals surface area contributed by atoms with Crippen LogP contribution in [0.1, 0.15) is 5.56 Å². The van der Waals surface area contributed by atoms with Gasteiger partial charge in [-0.15, -0.1) is 0 Å². The fourth-order valence-corrected chi connectivity index (χ4v) is 1.91. The summed E-state index contributed by atoms with van der Waals surface area (Å²) in [6, 6.07) is 11.1. The lowest BCUT2D eigenvalue weighted by Crippen LogP contribution is -1.92. The van der Waals surface area contributed by atoms with Crippen LogP contribution < -0.4 is 11.2 Å². The molecular formula is C13H13ClN2O. The van der Waals surface area contributed by atoms with Crippen LogP contribution in [-0.2, 0) is 0 Å². The third-order valence-electron chi connectivity index (χ3n) is 2.74. The Kier molecular flexibility index (Phi) is 3.22. The minimum Gasteiger partial charge on any atom is -0.398 e. The van der Waals surface area contributed by atoms with Crippen molar-refractivity contribution in [1.29, 1.82) is 0 Å². The fraction of sp³-hybridized carbons (Fsp3) is 0.0769. The van der Waals surface area contributed by atoms with E-state index in [1.54, 1.807) is 18.2 Å². The highest BCUT2D eigenvalue weighted by atomic mass is 35.5. The van der Waals surface area contributed by atoms with Gasteiger partial charge in [0.05, 0.1) is 16.4 Å². The maximum absolute atomic E-state index is 8.75. The number of hydrogen-bond donors (Lipinski definition) is 3. The van der Waals surface area contributed by atoms with E-state index in [9.17, 15) is 0 Å². The highest BCUT2D eigenvalue weighted by Crippen LogP contribution is 2.32. The van der Waals surface area contributed by atoms with E-state index in [4.69, 9.17) is 22.5 Å². The second kappa shape index (κ2) is 4.65. The monoisotopic (exact) mass is 248 g/mol. The van der Waals surface area contributed by atoms with Crippen molar-refractivity contribution in [2.75, 3.05) is 11.2 Å². The maximum atomic E-state index is 8.75. The molecule has 0 atom stereocenters. The Balaban J connectivity index is 2.49. The van der Waals surface area contributed by atoms with Crippen molar-refractivity contribution in [3.63, 3.8) is 0 Å². The van der Waals surface area contributed by atoms with Gasteiger partial charge < -0.3 is 5.73 Å². The van der Waals surface area contributed by atoms with Gasteiger partial charge in [-0.2, -0.15) is 0 Å². The number of halogens is 1. The van der Waals surface area contributed by atoms with Gasteiger partial charge in [0.1, 0.15) is 0 Å². The van der Waals surface area contributed by atoms with Gasteiger partial charge in [-0.1, -0.05) is 29.8 Å². The molecule has 0 spiro atoms. The number of benzene rings is 2. The van der Waals surface area contributed by atoms with Crippen LogP contribution in [0.5, 0.6) is 0 Å². The van der Waals surface area contributed by atoms with Gasteiger partial charge in [0.2, 0.25) is 0 Å². The van der Waals surface area contributed by atoms with Crippen LogP contribution in [0.25, 0.3) is 11.1 Å². The SMILES string of the molecule is Cc1c(-c2ccc(NO)cc2)ccc(N)c1Cl. The Labute approximate surface area is 105 Å². The molecular weight excluding hydrogens is 236 g/mol. The molecule has 0 fully saturated rings. The Morgan fingerprint density at radius 3 is 2.35 bits per heavy atom. The van der Waals surface area contributed by atoms with E-state index >= 15 is 0 Å². The first-order valence-electron chi connectivity index (χ1n) is 5.18. The molecule has 2 rings (SSSR count). The number of anilines is 2. The van der Waals surface area contributed by atoms with Crippen molar-refractivity contribution < 1.29 is 5.21 Å². The fourth-order valence-electron chi connectivity index (χ4n) is 1.74. The summed E-state index contributed by atoms with van der Waals surface area (Å²) in [5.41, 5.74) is 12.1. The normalized spacial score (nSPS) is 10.3. The van der Waals surface area contributed by atoms with E-state index in [-0.39, 0.29) is 0 Å². The van der Waals surface area contributed by atoms with E-state index in [0.717, 1.165) is 16.7 Å². The van der Waals surface area contributed by atoms with Gasteiger partial charge in [0.15, 0.2) is 0 Å². The first-order chi connectivity index (χ1) is 8.13. The molecule has 2 aromatic carbocycles. The zero-order valence-corrected chi connectivity index (χ0v) is 10.1.